The summed E-state index contributed by atoms with van der Waals surface area (Å²) in [5.74, 6) is 0.750. The minimum atomic E-state index is -0.231. The Labute approximate surface area is 88.3 Å². The van der Waals surface area contributed by atoms with Gasteiger partial charge in [0.1, 0.15) is 6.23 Å². The number of aliphatic hydroxyl groups excluding tert-OH is 1. The monoisotopic (exact) mass is 199 g/mol. The van der Waals surface area contributed by atoms with E-state index >= 15 is 0 Å². The van der Waals surface area contributed by atoms with E-state index in [1.807, 2.05) is 0 Å². The van der Waals surface area contributed by atoms with E-state index in [1.54, 1.807) is 0 Å². The Hall–Kier alpha value is -0.0800. The van der Waals surface area contributed by atoms with Gasteiger partial charge in [0.05, 0.1) is 0 Å². The second-order valence-electron chi connectivity index (χ2n) is 4.76. The van der Waals surface area contributed by atoms with Gasteiger partial charge in [-0.2, -0.15) is 0 Å². The molecule has 1 fully saturated rings. The van der Waals surface area contributed by atoms with E-state index in [1.165, 1.54) is 25.7 Å². The molecule has 0 radical (unpaired) electrons. The average molecular weight is 199 g/mol. The van der Waals surface area contributed by atoms with Crippen LogP contribution < -0.4 is 0 Å². The summed E-state index contributed by atoms with van der Waals surface area (Å²) >= 11 is 0. The number of hydrogen-bond donors (Lipinski definition) is 1. The average Bonchev–Trinajstić information content (AvgIpc) is 2.18. The van der Waals surface area contributed by atoms with Crippen LogP contribution in [0.1, 0.15) is 52.4 Å². The molecule has 1 aliphatic rings. The third kappa shape index (κ3) is 2.96. The Balaban J connectivity index is 2.44. The van der Waals surface area contributed by atoms with Crippen molar-refractivity contribution >= 4 is 0 Å². The van der Waals surface area contributed by atoms with Crippen molar-refractivity contribution in [3.63, 3.8) is 0 Å². The molecular formula is C12H25NO. The van der Waals surface area contributed by atoms with Crippen LogP contribution in [0.25, 0.3) is 0 Å². The summed E-state index contributed by atoms with van der Waals surface area (Å²) in [6.07, 6.45) is 7.03. The molecule has 0 aromatic rings. The summed E-state index contributed by atoms with van der Waals surface area (Å²) < 4.78 is 0. The number of nitrogens with zero attached hydrogens (tertiary/aromatic N) is 1. The van der Waals surface area contributed by atoms with Gasteiger partial charge in [-0.1, -0.05) is 33.1 Å². The van der Waals surface area contributed by atoms with E-state index in [0.717, 1.165) is 18.8 Å². The van der Waals surface area contributed by atoms with Crippen LogP contribution in [0.4, 0.5) is 0 Å². The lowest BCUT2D eigenvalue weighted by atomic mass is 9.85. The van der Waals surface area contributed by atoms with E-state index in [9.17, 15) is 5.11 Å². The van der Waals surface area contributed by atoms with Crippen molar-refractivity contribution in [3.05, 3.63) is 0 Å². The predicted octanol–water partition coefficient (Wildman–Crippen LogP) is 2.62. The van der Waals surface area contributed by atoms with Crippen LogP contribution in [0, 0.1) is 5.92 Å². The minimum Gasteiger partial charge on any atom is -0.378 e. The first-order valence-corrected chi connectivity index (χ1v) is 6.06. The molecule has 0 aromatic carbocycles. The SMILES string of the molecule is CCCC(O)N(C)C1CCCCC1C. The van der Waals surface area contributed by atoms with Crippen molar-refractivity contribution in [1.82, 2.24) is 4.90 Å². The summed E-state index contributed by atoms with van der Waals surface area (Å²) in [4.78, 5) is 2.19. The molecule has 2 heteroatoms. The molecule has 0 heterocycles. The molecular weight excluding hydrogens is 174 g/mol. The normalized spacial score (nSPS) is 30.6. The Bertz CT molecular complexity index is 160. The Morgan fingerprint density at radius 3 is 2.57 bits per heavy atom. The van der Waals surface area contributed by atoms with Crippen molar-refractivity contribution in [3.8, 4) is 0 Å². The highest BCUT2D eigenvalue weighted by atomic mass is 16.3. The van der Waals surface area contributed by atoms with Crippen molar-refractivity contribution in [1.29, 1.82) is 0 Å². The van der Waals surface area contributed by atoms with Crippen LogP contribution in [0.2, 0.25) is 0 Å². The molecule has 0 amide bonds. The van der Waals surface area contributed by atoms with Crippen LogP contribution in [0.3, 0.4) is 0 Å². The summed E-state index contributed by atoms with van der Waals surface area (Å²) in [5.41, 5.74) is 0. The highest BCUT2D eigenvalue weighted by Gasteiger charge is 2.27. The molecule has 1 N–H and O–H groups in total. The summed E-state index contributed by atoms with van der Waals surface area (Å²) in [6, 6.07) is 0.602. The molecule has 1 saturated carbocycles. The van der Waals surface area contributed by atoms with E-state index in [2.05, 4.69) is 25.8 Å². The number of hydrogen-bond acceptors (Lipinski definition) is 2. The molecule has 3 atom stereocenters. The minimum absolute atomic E-state index is 0.231. The fraction of sp³-hybridized carbons (Fsp3) is 1.00. The zero-order chi connectivity index (χ0) is 10.6. The zero-order valence-electron chi connectivity index (χ0n) is 9.87. The zero-order valence-corrected chi connectivity index (χ0v) is 9.87. The second kappa shape index (κ2) is 5.72. The van der Waals surface area contributed by atoms with Crippen molar-refractivity contribution in [2.75, 3.05) is 7.05 Å². The van der Waals surface area contributed by atoms with Crippen molar-refractivity contribution in [2.24, 2.45) is 5.92 Å². The summed E-state index contributed by atoms with van der Waals surface area (Å²) in [7, 11) is 2.08. The van der Waals surface area contributed by atoms with Crippen molar-refractivity contribution < 1.29 is 5.11 Å². The maximum atomic E-state index is 9.91. The summed E-state index contributed by atoms with van der Waals surface area (Å²) in [6.45, 7) is 4.44. The third-order valence-electron chi connectivity index (χ3n) is 3.61. The lowest BCUT2D eigenvalue weighted by molar-refractivity contribution is -0.0353. The lowest BCUT2D eigenvalue weighted by Gasteiger charge is -2.38. The molecule has 1 rings (SSSR count). The van der Waals surface area contributed by atoms with Gasteiger partial charge in [-0.25, -0.2) is 0 Å². The first-order valence-electron chi connectivity index (χ1n) is 6.06. The molecule has 0 bridgehead atoms. The van der Waals surface area contributed by atoms with Crippen LogP contribution in [0.5, 0.6) is 0 Å². The van der Waals surface area contributed by atoms with Crippen LogP contribution in [0.15, 0.2) is 0 Å². The summed E-state index contributed by atoms with van der Waals surface area (Å²) in [5, 5.41) is 9.91. The quantitative estimate of drug-likeness (QED) is 0.704. The highest BCUT2D eigenvalue weighted by molar-refractivity contribution is 4.80. The van der Waals surface area contributed by atoms with Gasteiger partial charge in [0.15, 0.2) is 0 Å². The van der Waals surface area contributed by atoms with E-state index in [4.69, 9.17) is 0 Å². The molecule has 0 spiro atoms. The van der Waals surface area contributed by atoms with Gasteiger partial charge in [-0.05, 0) is 32.2 Å². The Kier molecular flexibility index (Phi) is 4.90. The Morgan fingerprint density at radius 2 is 2.00 bits per heavy atom. The smallest absolute Gasteiger partial charge is 0.107 e. The molecule has 0 aliphatic heterocycles. The largest absolute Gasteiger partial charge is 0.378 e. The fourth-order valence-corrected chi connectivity index (χ4v) is 2.58. The topological polar surface area (TPSA) is 23.5 Å². The van der Waals surface area contributed by atoms with E-state index in [0.29, 0.717) is 6.04 Å². The van der Waals surface area contributed by atoms with Gasteiger partial charge in [0.25, 0.3) is 0 Å². The number of rotatable bonds is 4. The molecule has 0 aromatic heterocycles. The van der Waals surface area contributed by atoms with E-state index in [-0.39, 0.29) is 6.23 Å². The van der Waals surface area contributed by atoms with Gasteiger partial charge in [0.2, 0.25) is 0 Å². The maximum Gasteiger partial charge on any atom is 0.107 e. The first kappa shape index (κ1) is 12.0. The van der Waals surface area contributed by atoms with Crippen LogP contribution >= 0.6 is 0 Å². The van der Waals surface area contributed by atoms with Crippen molar-refractivity contribution in [2.45, 2.75) is 64.6 Å². The lowest BCUT2D eigenvalue weighted by Crippen LogP contribution is -2.44. The highest BCUT2D eigenvalue weighted by Crippen LogP contribution is 2.28. The Morgan fingerprint density at radius 1 is 1.36 bits per heavy atom. The molecule has 0 saturated heterocycles. The molecule has 3 unspecified atom stereocenters. The molecule has 2 nitrogen and oxygen atoms in total. The van der Waals surface area contributed by atoms with Gasteiger partial charge >= 0.3 is 0 Å². The van der Waals surface area contributed by atoms with E-state index < -0.39 is 0 Å². The van der Waals surface area contributed by atoms with Crippen LogP contribution in [-0.2, 0) is 0 Å². The van der Waals surface area contributed by atoms with Gasteiger partial charge < -0.3 is 5.11 Å². The van der Waals surface area contributed by atoms with Crippen LogP contribution in [-0.4, -0.2) is 29.3 Å². The van der Waals surface area contributed by atoms with Gasteiger partial charge in [0, 0.05) is 6.04 Å². The fourth-order valence-electron chi connectivity index (χ4n) is 2.58. The third-order valence-corrected chi connectivity index (χ3v) is 3.61. The molecule has 14 heavy (non-hydrogen) atoms. The maximum absolute atomic E-state index is 9.91. The predicted molar refractivity (Wildman–Crippen MR) is 60.1 cm³/mol. The standard InChI is InChI=1S/C12H25NO/c1-4-7-12(14)13(3)11-9-6-5-8-10(11)2/h10-12,14H,4-9H2,1-3H3. The second-order valence-corrected chi connectivity index (χ2v) is 4.76. The van der Waals surface area contributed by atoms with Gasteiger partial charge in [-0.3, -0.25) is 4.90 Å². The first-order chi connectivity index (χ1) is 6.66. The molecule has 84 valence electrons. The molecule has 1 aliphatic carbocycles. The number of aliphatic hydroxyl groups is 1. The van der Waals surface area contributed by atoms with Gasteiger partial charge in [-0.15, -0.1) is 0 Å².